The van der Waals surface area contributed by atoms with Gasteiger partial charge in [-0.3, -0.25) is 9.13 Å². The van der Waals surface area contributed by atoms with Crippen molar-refractivity contribution in [2.24, 2.45) is 5.92 Å². The molecule has 0 aliphatic carbocycles. The van der Waals surface area contributed by atoms with Crippen molar-refractivity contribution in [2.75, 3.05) is 0 Å². The molecule has 2 heterocycles. The highest BCUT2D eigenvalue weighted by molar-refractivity contribution is 5.51. The highest BCUT2D eigenvalue weighted by Crippen LogP contribution is 2.35. The first kappa shape index (κ1) is 24.3. The summed E-state index contributed by atoms with van der Waals surface area (Å²) in [6, 6.07) is 10.7. The van der Waals surface area contributed by atoms with Crippen molar-refractivity contribution in [3.05, 3.63) is 107 Å². The molecule has 0 bridgehead atoms. The Bertz CT molecular complexity index is 1360. The summed E-state index contributed by atoms with van der Waals surface area (Å²) < 4.78 is 32.8. The van der Waals surface area contributed by atoms with E-state index in [9.17, 15) is 18.7 Å². The van der Waals surface area contributed by atoms with Crippen molar-refractivity contribution in [3.8, 4) is 5.69 Å². The Kier molecular flexibility index (Phi) is 7.07. The molecule has 4 aromatic rings. The molecule has 2 atom stereocenters. The molecule has 9 heteroatoms. The van der Waals surface area contributed by atoms with Crippen LogP contribution in [0.1, 0.15) is 31.4 Å². The fourth-order valence-corrected chi connectivity index (χ4v) is 4.11. The van der Waals surface area contributed by atoms with Crippen molar-refractivity contribution in [3.63, 3.8) is 0 Å². The third kappa shape index (κ3) is 5.14. The second kappa shape index (κ2) is 10.2. The number of aryl methyl sites for hydroxylation is 1. The summed E-state index contributed by atoms with van der Waals surface area (Å²) >= 11 is 0. The van der Waals surface area contributed by atoms with E-state index in [1.165, 1.54) is 23.4 Å². The molecule has 0 aliphatic heterocycles. The lowest BCUT2D eigenvalue weighted by Crippen LogP contribution is -2.39. The average molecular weight is 480 g/mol. The molecule has 0 amide bonds. The number of nitrogens with zero attached hydrogens (tertiary/aromatic N) is 5. The van der Waals surface area contributed by atoms with Crippen LogP contribution in [0.4, 0.5) is 8.78 Å². The highest BCUT2D eigenvalue weighted by atomic mass is 19.1. The molecule has 0 fully saturated rings. The molecule has 2 aromatic heterocycles. The Balaban J connectivity index is 1.52. The van der Waals surface area contributed by atoms with Gasteiger partial charge in [-0.1, -0.05) is 37.3 Å². The fraction of sp³-hybridized carbons (Fsp3) is 0.269. The van der Waals surface area contributed by atoms with E-state index in [4.69, 9.17) is 0 Å². The maximum atomic E-state index is 14.7. The molecule has 0 unspecified atom stereocenters. The topological polar surface area (TPSA) is 77.9 Å². The number of benzene rings is 2. The van der Waals surface area contributed by atoms with Gasteiger partial charge >= 0.3 is 5.69 Å². The second-order valence-electron chi connectivity index (χ2n) is 8.51. The number of allylic oxidation sites excluding steroid dienone is 1. The molecule has 35 heavy (non-hydrogen) atoms. The van der Waals surface area contributed by atoms with E-state index >= 15 is 0 Å². The number of aromatic nitrogens is 5. The van der Waals surface area contributed by atoms with Crippen LogP contribution in [0, 0.1) is 17.6 Å². The summed E-state index contributed by atoms with van der Waals surface area (Å²) in [5.41, 5.74) is -0.0559. The molecule has 0 spiro atoms. The van der Waals surface area contributed by atoms with E-state index in [0.717, 1.165) is 23.4 Å². The smallest absolute Gasteiger partial charge is 0.332 e. The summed E-state index contributed by atoms with van der Waals surface area (Å²) in [6.45, 7) is 4.29. The largest absolute Gasteiger partial charge is 0.383 e. The molecule has 2 aromatic carbocycles. The Labute approximate surface area is 201 Å². The number of hydrogen-bond donors (Lipinski definition) is 1. The van der Waals surface area contributed by atoms with E-state index in [-0.39, 0.29) is 17.8 Å². The summed E-state index contributed by atoms with van der Waals surface area (Å²) in [7, 11) is 0. The van der Waals surface area contributed by atoms with Crippen LogP contribution in [-0.2, 0) is 18.7 Å². The number of imidazole rings is 1. The Morgan fingerprint density at radius 3 is 2.54 bits per heavy atom. The van der Waals surface area contributed by atoms with E-state index in [0.29, 0.717) is 13.0 Å². The van der Waals surface area contributed by atoms with Gasteiger partial charge in [0, 0.05) is 30.6 Å². The molecule has 7 nitrogen and oxygen atoms in total. The standard InChI is InChI=1S/C26H27F2N5O2/c1-3-31-13-14-33(25(31)34)22-10-7-20(8-11-22)6-4-5-19(2)26(35,16-32-18-29-17-30-32)23-12-9-21(27)15-24(23)28/h4,6-15,17-19,35H,3,5,16H2,1-2H3/b6-4+/t19-,26+/m0/s1. The Morgan fingerprint density at radius 1 is 1.14 bits per heavy atom. The quantitative estimate of drug-likeness (QED) is 0.391. The maximum Gasteiger partial charge on any atom is 0.332 e. The molecule has 1 N–H and O–H groups in total. The van der Waals surface area contributed by atoms with Crippen molar-refractivity contribution < 1.29 is 13.9 Å². The van der Waals surface area contributed by atoms with Gasteiger partial charge < -0.3 is 5.11 Å². The minimum atomic E-state index is -1.65. The first-order valence-electron chi connectivity index (χ1n) is 11.4. The monoisotopic (exact) mass is 479 g/mol. The predicted octanol–water partition coefficient (Wildman–Crippen LogP) is 4.16. The Morgan fingerprint density at radius 2 is 1.91 bits per heavy atom. The summed E-state index contributed by atoms with van der Waals surface area (Å²) in [5, 5.41) is 15.6. The van der Waals surface area contributed by atoms with E-state index < -0.39 is 23.2 Å². The van der Waals surface area contributed by atoms with Crippen molar-refractivity contribution in [1.82, 2.24) is 23.9 Å². The lowest BCUT2D eigenvalue weighted by Gasteiger charge is -2.34. The zero-order valence-corrected chi connectivity index (χ0v) is 19.6. The molecular formula is C26H27F2N5O2. The lowest BCUT2D eigenvalue weighted by molar-refractivity contribution is -0.0379. The van der Waals surface area contributed by atoms with Gasteiger partial charge in [0.05, 0.1) is 12.2 Å². The maximum absolute atomic E-state index is 14.7. The van der Waals surface area contributed by atoms with Gasteiger partial charge in [0.25, 0.3) is 0 Å². The lowest BCUT2D eigenvalue weighted by atomic mass is 9.80. The van der Waals surface area contributed by atoms with Crippen molar-refractivity contribution in [1.29, 1.82) is 0 Å². The minimum Gasteiger partial charge on any atom is -0.383 e. The van der Waals surface area contributed by atoms with Crippen LogP contribution < -0.4 is 5.69 Å². The van der Waals surface area contributed by atoms with Gasteiger partial charge in [-0.25, -0.2) is 23.2 Å². The zero-order valence-electron chi connectivity index (χ0n) is 19.6. The molecular weight excluding hydrogens is 452 g/mol. The number of halogens is 2. The summed E-state index contributed by atoms with van der Waals surface area (Å²) in [6.07, 6.45) is 10.5. The van der Waals surface area contributed by atoms with E-state index in [1.807, 2.05) is 43.3 Å². The fourth-order valence-electron chi connectivity index (χ4n) is 4.11. The highest BCUT2D eigenvalue weighted by Gasteiger charge is 2.38. The van der Waals surface area contributed by atoms with Crippen LogP contribution in [0.15, 0.2) is 78.4 Å². The van der Waals surface area contributed by atoms with Crippen LogP contribution in [-0.4, -0.2) is 29.0 Å². The molecule has 0 aliphatic rings. The summed E-state index contributed by atoms with van der Waals surface area (Å²) in [4.78, 5) is 16.2. The van der Waals surface area contributed by atoms with Crippen LogP contribution in [0.3, 0.4) is 0 Å². The van der Waals surface area contributed by atoms with Crippen molar-refractivity contribution >= 4 is 6.08 Å². The van der Waals surface area contributed by atoms with Crippen molar-refractivity contribution in [2.45, 2.75) is 39.0 Å². The van der Waals surface area contributed by atoms with Gasteiger partial charge in [-0.05, 0) is 43.0 Å². The SMILES string of the molecule is CCn1ccn(-c2ccc(/C=C/C[C@H](C)[C@](O)(Cn3cncn3)c3ccc(F)cc3F)cc2)c1=O. The van der Waals surface area contributed by atoms with Gasteiger partial charge in [-0.2, -0.15) is 5.10 Å². The molecule has 0 saturated heterocycles. The summed E-state index contributed by atoms with van der Waals surface area (Å²) in [5.74, 6) is -1.96. The van der Waals surface area contributed by atoms with E-state index in [1.54, 1.807) is 28.5 Å². The van der Waals surface area contributed by atoms with Crippen LogP contribution in [0.2, 0.25) is 0 Å². The normalized spacial score (nSPS) is 14.3. The van der Waals surface area contributed by atoms with Crippen LogP contribution >= 0.6 is 0 Å². The van der Waals surface area contributed by atoms with Crippen LogP contribution in [0.25, 0.3) is 11.8 Å². The average Bonchev–Trinajstić information content (AvgIpc) is 3.48. The first-order chi connectivity index (χ1) is 16.8. The second-order valence-corrected chi connectivity index (χ2v) is 8.51. The van der Waals surface area contributed by atoms with Gasteiger partial charge in [0.2, 0.25) is 0 Å². The van der Waals surface area contributed by atoms with Gasteiger partial charge in [0.15, 0.2) is 0 Å². The third-order valence-electron chi connectivity index (χ3n) is 6.24. The van der Waals surface area contributed by atoms with Gasteiger partial charge in [0.1, 0.15) is 29.9 Å². The molecule has 0 saturated carbocycles. The zero-order chi connectivity index (χ0) is 25.0. The van der Waals surface area contributed by atoms with Gasteiger partial charge in [-0.15, -0.1) is 0 Å². The third-order valence-corrected chi connectivity index (χ3v) is 6.24. The number of aliphatic hydroxyl groups is 1. The number of rotatable bonds is 9. The predicted molar refractivity (Wildman–Crippen MR) is 129 cm³/mol. The van der Waals surface area contributed by atoms with Crippen LogP contribution in [0.5, 0.6) is 0 Å². The Hall–Kier alpha value is -3.85. The number of hydrogen-bond acceptors (Lipinski definition) is 4. The first-order valence-corrected chi connectivity index (χ1v) is 11.4. The van der Waals surface area contributed by atoms with E-state index in [2.05, 4.69) is 10.1 Å². The molecule has 0 radical (unpaired) electrons. The molecule has 4 rings (SSSR count). The minimum absolute atomic E-state index is 0.00381. The molecule has 182 valence electrons.